The SMILES string of the molecule is C1=C(c2cccc(N(c3ccncc3)c3ccc(-c4ccccc4)cc3)c2)CC(c2cccc(N(c3ccncc3)c3ccc(-c4ccccc4)cc3)c2)=C1. The molecule has 9 rings (SSSR count). The predicted octanol–water partition coefficient (Wildman–Crippen LogP) is 13.6. The van der Waals surface area contributed by atoms with E-state index in [1.165, 1.54) is 44.5 Å². The van der Waals surface area contributed by atoms with Gasteiger partial charge in [-0.1, -0.05) is 121 Å². The van der Waals surface area contributed by atoms with E-state index >= 15 is 0 Å². The van der Waals surface area contributed by atoms with E-state index in [0.29, 0.717) is 0 Å². The number of aromatic nitrogens is 2. The van der Waals surface area contributed by atoms with Gasteiger partial charge in [-0.3, -0.25) is 9.97 Å². The fourth-order valence-electron chi connectivity index (χ4n) is 7.36. The number of allylic oxidation sites excluding steroid dienone is 4. The lowest BCUT2D eigenvalue weighted by Gasteiger charge is -2.26. The van der Waals surface area contributed by atoms with Gasteiger partial charge in [0.2, 0.25) is 0 Å². The van der Waals surface area contributed by atoms with Crippen LogP contribution in [0.2, 0.25) is 0 Å². The Morgan fingerprint density at radius 3 is 1.04 bits per heavy atom. The van der Waals surface area contributed by atoms with Crippen LogP contribution in [-0.4, -0.2) is 9.97 Å². The first kappa shape index (κ1) is 33.5. The standard InChI is InChI=1S/C51H38N4/c1-3-9-38(10-4-1)40-19-23-46(24-20-40)54(48-27-31-52-32-28-48)50-15-7-13-42(36-50)44-17-18-45(35-44)43-14-8-16-51(37-43)55(49-29-33-53-34-30-49)47-25-21-41(22-26-47)39-11-5-2-6-12-39/h1-34,36-37H,35H2. The summed E-state index contributed by atoms with van der Waals surface area (Å²) in [5.41, 5.74) is 16.3. The third-order valence-corrected chi connectivity index (χ3v) is 10.1. The second kappa shape index (κ2) is 15.4. The number of hydrogen-bond donors (Lipinski definition) is 0. The molecule has 262 valence electrons. The van der Waals surface area contributed by atoms with E-state index in [2.05, 4.69) is 214 Å². The van der Waals surface area contributed by atoms with E-state index in [9.17, 15) is 0 Å². The van der Waals surface area contributed by atoms with Crippen LogP contribution in [0.15, 0.2) is 219 Å². The summed E-state index contributed by atoms with van der Waals surface area (Å²) < 4.78 is 0. The summed E-state index contributed by atoms with van der Waals surface area (Å²) in [6.07, 6.45) is 12.8. The molecule has 55 heavy (non-hydrogen) atoms. The Morgan fingerprint density at radius 2 is 0.636 bits per heavy atom. The second-order valence-electron chi connectivity index (χ2n) is 13.6. The van der Waals surface area contributed by atoms with E-state index in [-0.39, 0.29) is 0 Å². The molecule has 0 atom stereocenters. The van der Waals surface area contributed by atoms with E-state index < -0.39 is 0 Å². The molecule has 8 aromatic rings. The van der Waals surface area contributed by atoms with Crippen LogP contribution in [-0.2, 0) is 0 Å². The average molecular weight is 707 g/mol. The van der Waals surface area contributed by atoms with Gasteiger partial charge in [-0.2, -0.15) is 0 Å². The molecule has 0 fully saturated rings. The fraction of sp³-hybridized carbons (Fsp3) is 0.0196. The number of hydrogen-bond acceptors (Lipinski definition) is 4. The van der Waals surface area contributed by atoms with Crippen molar-refractivity contribution in [3.8, 4) is 22.3 Å². The van der Waals surface area contributed by atoms with Gasteiger partial charge in [0.15, 0.2) is 0 Å². The number of pyridine rings is 2. The topological polar surface area (TPSA) is 32.3 Å². The zero-order valence-corrected chi connectivity index (χ0v) is 30.3. The van der Waals surface area contributed by atoms with Gasteiger partial charge in [0.1, 0.15) is 0 Å². The molecular weight excluding hydrogens is 669 g/mol. The highest BCUT2D eigenvalue weighted by atomic mass is 15.1. The molecule has 0 spiro atoms. The molecule has 0 N–H and O–H groups in total. The maximum atomic E-state index is 4.30. The number of nitrogens with zero attached hydrogens (tertiary/aromatic N) is 4. The smallest absolute Gasteiger partial charge is 0.0492 e. The van der Waals surface area contributed by atoms with Crippen molar-refractivity contribution in [2.45, 2.75) is 6.42 Å². The maximum absolute atomic E-state index is 4.30. The largest absolute Gasteiger partial charge is 0.310 e. The number of anilines is 6. The Hall–Kier alpha value is -7.30. The van der Waals surface area contributed by atoms with Gasteiger partial charge in [0.05, 0.1) is 0 Å². The average Bonchev–Trinajstić information content (AvgIpc) is 3.77. The Kier molecular flexibility index (Phi) is 9.36. The van der Waals surface area contributed by atoms with Gasteiger partial charge in [-0.15, -0.1) is 0 Å². The van der Waals surface area contributed by atoms with Crippen LogP contribution < -0.4 is 9.80 Å². The molecule has 1 aliphatic carbocycles. The van der Waals surface area contributed by atoms with Gasteiger partial charge in [0, 0.05) is 58.9 Å². The third-order valence-electron chi connectivity index (χ3n) is 10.1. The summed E-state index contributed by atoms with van der Waals surface area (Å²) in [4.78, 5) is 13.2. The lowest BCUT2D eigenvalue weighted by atomic mass is 9.97. The highest BCUT2D eigenvalue weighted by Gasteiger charge is 2.19. The second-order valence-corrected chi connectivity index (χ2v) is 13.6. The molecular formula is C51H38N4. The van der Waals surface area contributed by atoms with Gasteiger partial charge in [0.25, 0.3) is 0 Å². The molecule has 0 aliphatic heterocycles. The van der Waals surface area contributed by atoms with Gasteiger partial charge < -0.3 is 9.80 Å². The molecule has 0 radical (unpaired) electrons. The molecule has 0 saturated heterocycles. The van der Waals surface area contributed by atoms with Crippen LogP contribution in [0.3, 0.4) is 0 Å². The molecule has 0 saturated carbocycles. The molecule has 2 aromatic heterocycles. The predicted molar refractivity (Wildman–Crippen MR) is 229 cm³/mol. The molecule has 2 heterocycles. The van der Waals surface area contributed by atoms with Crippen LogP contribution in [0.4, 0.5) is 34.1 Å². The van der Waals surface area contributed by atoms with Crippen LogP contribution >= 0.6 is 0 Å². The minimum atomic E-state index is 0.842. The lowest BCUT2D eigenvalue weighted by molar-refractivity contribution is 1.24. The van der Waals surface area contributed by atoms with Crippen LogP contribution in [0.5, 0.6) is 0 Å². The van der Waals surface area contributed by atoms with Crippen molar-refractivity contribution in [3.63, 3.8) is 0 Å². The zero-order chi connectivity index (χ0) is 36.8. The zero-order valence-electron chi connectivity index (χ0n) is 30.3. The van der Waals surface area contributed by atoms with E-state index in [4.69, 9.17) is 0 Å². The summed E-state index contributed by atoms with van der Waals surface area (Å²) in [6, 6.07) is 64.6. The molecule has 4 nitrogen and oxygen atoms in total. The van der Waals surface area contributed by atoms with Gasteiger partial charge in [-0.25, -0.2) is 0 Å². The summed E-state index contributed by atoms with van der Waals surface area (Å²) in [5, 5.41) is 0. The van der Waals surface area contributed by atoms with Gasteiger partial charge >= 0.3 is 0 Å². The summed E-state index contributed by atoms with van der Waals surface area (Å²) in [6.45, 7) is 0. The normalized spacial score (nSPS) is 12.1. The van der Waals surface area contributed by atoms with E-state index in [0.717, 1.165) is 40.5 Å². The molecule has 4 heteroatoms. The first-order valence-corrected chi connectivity index (χ1v) is 18.6. The summed E-state index contributed by atoms with van der Waals surface area (Å²) in [7, 11) is 0. The Bertz CT molecular complexity index is 2400. The fourth-order valence-corrected chi connectivity index (χ4v) is 7.36. The minimum absolute atomic E-state index is 0.842. The summed E-state index contributed by atoms with van der Waals surface area (Å²) in [5.74, 6) is 0. The maximum Gasteiger partial charge on any atom is 0.0492 e. The minimum Gasteiger partial charge on any atom is -0.310 e. The quantitative estimate of drug-likeness (QED) is 0.142. The number of rotatable bonds is 10. The highest BCUT2D eigenvalue weighted by Crippen LogP contribution is 2.41. The van der Waals surface area contributed by atoms with Gasteiger partial charge in [-0.05, 0) is 124 Å². The van der Waals surface area contributed by atoms with Crippen molar-refractivity contribution in [1.82, 2.24) is 9.97 Å². The first-order chi connectivity index (χ1) is 27.3. The Balaban J connectivity index is 0.985. The molecule has 6 aromatic carbocycles. The van der Waals surface area contributed by atoms with Crippen LogP contribution in [0.1, 0.15) is 17.5 Å². The van der Waals surface area contributed by atoms with Crippen LogP contribution in [0.25, 0.3) is 33.4 Å². The Morgan fingerprint density at radius 1 is 0.291 bits per heavy atom. The number of benzene rings is 6. The van der Waals surface area contributed by atoms with Crippen molar-refractivity contribution in [3.05, 3.63) is 230 Å². The highest BCUT2D eigenvalue weighted by molar-refractivity contribution is 5.90. The van der Waals surface area contributed by atoms with E-state index in [1.807, 2.05) is 24.8 Å². The van der Waals surface area contributed by atoms with Crippen molar-refractivity contribution in [2.24, 2.45) is 0 Å². The van der Waals surface area contributed by atoms with Crippen molar-refractivity contribution < 1.29 is 0 Å². The van der Waals surface area contributed by atoms with Crippen molar-refractivity contribution in [2.75, 3.05) is 9.80 Å². The molecule has 0 bridgehead atoms. The summed E-state index contributed by atoms with van der Waals surface area (Å²) >= 11 is 0. The first-order valence-electron chi connectivity index (χ1n) is 18.6. The monoisotopic (exact) mass is 706 g/mol. The van der Waals surface area contributed by atoms with Crippen LogP contribution in [0, 0.1) is 0 Å². The third kappa shape index (κ3) is 7.22. The lowest BCUT2D eigenvalue weighted by Crippen LogP contribution is -2.10. The van der Waals surface area contributed by atoms with Crippen molar-refractivity contribution >= 4 is 45.3 Å². The molecule has 0 unspecified atom stereocenters. The Labute approximate surface area is 322 Å². The van der Waals surface area contributed by atoms with E-state index in [1.54, 1.807) is 0 Å². The molecule has 1 aliphatic rings. The van der Waals surface area contributed by atoms with Crippen molar-refractivity contribution in [1.29, 1.82) is 0 Å². The molecule has 0 amide bonds.